The average Bonchev–Trinajstić information content (AvgIpc) is 2.97. The molecule has 0 aliphatic carbocycles. The highest BCUT2D eigenvalue weighted by molar-refractivity contribution is 5.89. The van der Waals surface area contributed by atoms with Crippen molar-refractivity contribution >= 4 is 11.7 Å². The fraction of sp³-hybridized carbons (Fsp3) is 0.250. The summed E-state index contributed by atoms with van der Waals surface area (Å²) in [5.41, 5.74) is 1.76. The quantitative estimate of drug-likeness (QED) is 0.910. The van der Waals surface area contributed by atoms with E-state index >= 15 is 0 Å². The number of ether oxygens (including phenoxy) is 1. The van der Waals surface area contributed by atoms with Gasteiger partial charge in [0.15, 0.2) is 0 Å². The second kappa shape index (κ2) is 6.37. The second-order valence-corrected chi connectivity index (χ2v) is 4.94. The van der Waals surface area contributed by atoms with Gasteiger partial charge >= 0.3 is 6.03 Å². The van der Waals surface area contributed by atoms with Gasteiger partial charge in [0.1, 0.15) is 6.10 Å². The summed E-state index contributed by atoms with van der Waals surface area (Å²) < 4.78 is 5.75. The molecule has 1 aliphatic rings. The predicted octanol–water partition coefficient (Wildman–Crippen LogP) is 2.73. The number of anilines is 1. The zero-order valence-corrected chi connectivity index (χ0v) is 11.5. The highest BCUT2D eigenvalue weighted by Crippen LogP contribution is 2.28. The smallest absolute Gasteiger partial charge is 0.319 e. The van der Waals surface area contributed by atoms with Crippen molar-refractivity contribution < 1.29 is 9.53 Å². The number of nitrogens with zero attached hydrogens (tertiary/aromatic N) is 1. The first-order valence-electron chi connectivity index (χ1n) is 6.97. The Kier molecular flexibility index (Phi) is 4.12. The van der Waals surface area contributed by atoms with E-state index < -0.39 is 0 Å². The second-order valence-electron chi connectivity index (χ2n) is 4.94. The van der Waals surface area contributed by atoms with E-state index in [-0.39, 0.29) is 18.2 Å². The number of carbonyl (C=O) groups is 1. The minimum atomic E-state index is -0.237. The van der Waals surface area contributed by atoms with Gasteiger partial charge in [-0.25, -0.2) is 4.79 Å². The van der Waals surface area contributed by atoms with Crippen LogP contribution in [0.3, 0.4) is 0 Å². The topological polar surface area (TPSA) is 63.2 Å². The fourth-order valence-electron chi connectivity index (χ4n) is 2.48. The summed E-state index contributed by atoms with van der Waals surface area (Å²) in [6.07, 6.45) is 3.99. The molecule has 1 aliphatic heterocycles. The Morgan fingerprint density at radius 1 is 1.19 bits per heavy atom. The average molecular weight is 283 g/mol. The van der Waals surface area contributed by atoms with E-state index in [9.17, 15) is 4.79 Å². The number of amides is 2. The molecule has 108 valence electrons. The lowest BCUT2D eigenvalue weighted by Crippen LogP contribution is -2.39. The van der Waals surface area contributed by atoms with E-state index in [4.69, 9.17) is 4.74 Å². The van der Waals surface area contributed by atoms with Crippen LogP contribution in [0.5, 0.6) is 0 Å². The lowest BCUT2D eigenvalue weighted by atomic mass is 10.0. The molecular formula is C16H17N3O2. The monoisotopic (exact) mass is 283 g/mol. The van der Waals surface area contributed by atoms with Gasteiger partial charge in [0, 0.05) is 12.8 Å². The van der Waals surface area contributed by atoms with Gasteiger partial charge in [-0.2, -0.15) is 0 Å². The highest BCUT2D eigenvalue weighted by atomic mass is 16.5. The Balaban J connectivity index is 1.62. The molecule has 0 saturated carbocycles. The molecule has 2 heterocycles. The van der Waals surface area contributed by atoms with Crippen molar-refractivity contribution in [2.45, 2.75) is 18.6 Å². The van der Waals surface area contributed by atoms with Crippen LogP contribution in [0.2, 0.25) is 0 Å². The number of hydrogen-bond acceptors (Lipinski definition) is 3. The van der Waals surface area contributed by atoms with E-state index in [1.807, 2.05) is 30.3 Å². The molecule has 1 aromatic carbocycles. The SMILES string of the molecule is O=C(Nc1cccnc1)N[C@@H]1CCO[C@H]1c1ccccc1. The van der Waals surface area contributed by atoms with E-state index in [0.29, 0.717) is 12.3 Å². The molecule has 2 atom stereocenters. The lowest BCUT2D eigenvalue weighted by molar-refractivity contribution is 0.100. The van der Waals surface area contributed by atoms with E-state index in [1.54, 1.807) is 24.5 Å². The number of nitrogens with one attached hydrogen (secondary N) is 2. The number of hydrogen-bond donors (Lipinski definition) is 2. The van der Waals surface area contributed by atoms with Crippen LogP contribution in [0.4, 0.5) is 10.5 Å². The van der Waals surface area contributed by atoms with Crippen molar-refractivity contribution in [2.75, 3.05) is 11.9 Å². The molecule has 1 saturated heterocycles. The first kappa shape index (κ1) is 13.6. The van der Waals surface area contributed by atoms with Gasteiger partial charge in [0.05, 0.1) is 17.9 Å². The van der Waals surface area contributed by atoms with Gasteiger partial charge in [-0.3, -0.25) is 4.98 Å². The minimum absolute atomic E-state index is 0.0240. The highest BCUT2D eigenvalue weighted by Gasteiger charge is 2.30. The summed E-state index contributed by atoms with van der Waals surface area (Å²) in [6, 6.07) is 13.3. The molecule has 0 unspecified atom stereocenters. The number of urea groups is 1. The fourth-order valence-corrected chi connectivity index (χ4v) is 2.48. The molecule has 5 nitrogen and oxygen atoms in total. The van der Waals surface area contributed by atoms with Gasteiger partial charge in [0.2, 0.25) is 0 Å². The molecule has 0 spiro atoms. The van der Waals surface area contributed by atoms with Crippen LogP contribution in [0, 0.1) is 0 Å². The van der Waals surface area contributed by atoms with Crippen molar-refractivity contribution in [3.05, 3.63) is 60.4 Å². The standard InChI is InChI=1S/C16H17N3O2/c20-16(18-13-7-4-9-17-11-13)19-14-8-10-21-15(14)12-5-2-1-3-6-12/h1-7,9,11,14-15H,8,10H2,(H2,18,19,20)/t14-,15+/m1/s1. The molecule has 2 aromatic rings. The van der Waals surface area contributed by atoms with E-state index in [2.05, 4.69) is 15.6 Å². The number of pyridine rings is 1. The van der Waals surface area contributed by atoms with Crippen LogP contribution in [0.25, 0.3) is 0 Å². The van der Waals surface area contributed by atoms with Crippen molar-refractivity contribution in [3.63, 3.8) is 0 Å². The zero-order valence-electron chi connectivity index (χ0n) is 11.5. The van der Waals surface area contributed by atoms with Gasteiger partial charge in [0.25, 0.3) is 0 Å². The summed E-state index contributed by atoms with van der Waals surface area (Å²) in [4.78, 5) is 16.0. The molecule has 3 rings (SSSR count). The van der Waals surface area contributed by atoms with Crippen LogP contribution in [-0.4, -0.2) is 23.7 Å². The number of carbonyl (C=O) groups excluding carboxylic acids is 1. The Morgan fingerprint density at radius 3 is 2.81 bits per heavy atom. The minimum Gasteiger partial charge on any atom is -0.371 e. The Labute approximate surface area is 123 Å². The van der Waals surface area contributed by atoms with Crippen molar-refractivity contribution in [2.24, 2.45) is 0 Å². The van der Waals surface area contributed by atoms with Crippen LogP contribution in [0.15, 0.2) is 54.9 Å². The third kappa shape index (κ3) is 3.38. The van der Waals surface area contributed by atoms with Crippen molar-refractivity contribution in [1.29, 1.82) is 0 Å². The summed E-state index contributed by atoms with van der Waals surface area (Å²) in [6.45, 7) is 0.650. The summed E-state index contributed by atoms with van der Waals surface area (Å²) in [5.74, 6) is 0. The Hall–Kier alpha value is -2.40. The van der Waals surface area contributed by atoms with Crippen molar-refractivity contribution in [1.82, 2.24) is 10.3 Å². The molecular weight excluding hydrogens is 266 g/mol. The Bertz CT molecular complexity index is 589. The number of aromatic nitrogens is 1. The largest absolute Gasteiger partial charge is 0.371 e. The van der Waals surface area contributed by atoms with Crippen LogP contribution in [0.1, 0.15) is 18.1 Å². The van der Waals surface area contributed by atoms with Crippen LogP contribution >= 0.6 is 0 Å². The summed E-state index contributed by atoms with van der Waals surface area (Å²) in [7, 11) is 0. The normalized spacial score (nSPS) is 21.0. The van der Waals surface area contributed by atoms with Crippen LogP contribution < -0.4 is 10.6 Å². The van der Waals surface area contributed by atoms with E-state index in [1.165, 1.54) is 0 Å². The molecule has 5 heteroatoms. The molecule has 2 amide bonds. The predicted molar refractivity (Wildman–Crippen MR) is 79.9 cm³/mol. The molecule has 0 bridgehead atoms. The van der Waals surface area contributed by atoms with Gasteiger partial charge in [-0.05, 0) is 24.1 Å². The number of benzene rings is 1. The first-order chi connectivity index (χ1) is 10.3. The molecule has 1 fully saturated rings. The third-order valence-corrected chi connectivity index (χ3v) is 3.46. The molecule has 21 heavy (non-hydrogen) atoms. The maximum absolute atomic E-state index is 12.0. The van der Waals surface area contributed by atoms with Gasteiger partial charge in [-0.1, -0.05) is 30.3 Å². The van der Waals surface area contributed by atoms with E-state index in [0.717, 1.165) is 12.0 Å². The maximum atomic E-state index is 12.0. The third-order valence-electron chi connectivity index (χ3n) is 3.46. The molecule has 0 radical (unpaired) electrons. The van der Waals surface area contributed by atoms with Crippen molar-refractivity contribution in [3.8, 4) is 0 Å². The number of rotatable bonds is 3. The maximum Gasteiger partial charge on any atom is 0.319 e. The Morgan fingerprint density at radius 2 is 2.05 bits per heavy atom. The lowest BCUT2D eigenvalue weighted by Gasteiger charge is -2.20. The van der Waals surface area contributed by atoms with Crippen LogP contribution in [-0.2, 0) is 4.74 Å². The summed E-state index contributed by atoms with van der Waals surface area (Å²) >= 11 is 0. The van der Waals surface area contributed by atoms with Gasteiger partial charge in [-0.15, -0.1) is 0 Å². The molecule has 1 aromatic heterocycles. The van der Waals surface area contributed by atoms with Gasteiger partial charge < -0.3 is 15.4 Å². The zero-order chi connectivity index (χ0) is 14.5. The molecule has 2 N–H and O–H groups in total. The summed E-state index contributed by atoms with van der Waals surface area (Å²) in [5, 5.41) is 5.75. The first-order valence-corrected chi connectivity index (χ1v) is 6.97.